The predicted molar refractivity (Wildman–Crippen MR) is 79.5 cm³/mol. The molecule has 0 aromatic heterocycles. The molecule has 0 aliphatic carbocycles. The maximum atomic E-state index is 11.1. The highest BCUT2D eigenvalue weighted by Gasteiger charge is 2.02. The van der Waals surface area contributed by atoms with Crippen LogP contribution >= 0.6 is 15.9 Å². The van der Waals surface area contributed by atoms with E-state index in [1.165, 1.54) is 0 Å². The number of carbonyl (C=O) groups is 1. The van der Waals surface area contributed by atoms with Gasteiger partial charge in [0.2, 0.25) is 0 Å². The number of hydrogen-bond acceptors (Lipinski definition) is 3. The van der Waals surface area contributed by atoms with Crippen molar-refractivity contribution in [1.82, 2.24) is 0 Å². The van der Waals surface area contributed by atoms with Gasteiger partial charge in [-0.25, -0.2) is 0 Å². The van der Waals surface area contributed by atoms with Crippen molar-refractivity contribution in [2.24, 2.45) is 0 Å². The van der Waals surface area contributed by atoms with E-state index in [1.54, 1.807) is 0 Å². The first-order valence-electron chi connectivity index (χ1n) is 6.68. The van der Waals surface area contributed by atoms with Gasteiger partial charge in [-0.05, 0) is 56.9 Å². The second-order valence-corrected chi connectivity index (χ2v) is 5.29. The Bertz CT molecular complexity index is 404. The maximum absolute atomic E-state index is 11.1. The SMILES string of the molecule is CCOC(=O)CCCCCOc1ccc(Br)cc1C. The van der Waals surface area contributed by atoms with Crippen molar-refractivity contribution < 1.29 is 14.3 Å². The van der Waals surface area contributed by atoms with Crippen LogP contribution in [0.25, 0.3) is 0 Å². The number of benzene rings is 1. The zero-order valence-corrected chi connectivity index (χ0v) is 13.2. The van der Waals surface area contributed by atoms with Crippen molar-refractivity contribution in [2.75, 3.05) is 13.2 Å². The van der Waals surface area contributed by atoms with Crippen LogP contribution in [0.5, 0.6) is 5.75 Å². The highest BCUT2D eigenvalue weighted by atomic mass is 79.9. The third-order valence-electron chi connectivity index (χ3n) is 2.73. The van der Waals surface area contributed by atoms with Crippen LogP contribution < -0.4 is 4.74 Å². The van der Waals surface area contributed by atoms with Gasteiger partial charge in [0.1, 0.15) is 5.75 Å². The van der Waals surface area contributed by atoms with Crippen LogP contribution in [0.1, 0.15) is 38.2 Å². The van der Waals surface area contributed by atoms with Gasteiger partial charge in [0, 0.05) is 10.9 Å². The van der Waals surface area contributed by atoms with E-state index in [1.807, 2.05) is 32.0 Å². The van der Waals surface area contributed by atoms with Crippen molar-refractivity contribution >= 4 is 21.9 Å². The first kappa shape index (κ1) is 16.0. The number of aryl methyl sites for hydroxylation is 1. The van der Waals surface area contributed by atoms with Crippen LogP contribution in [0, 0.1) is 6.92 Å². The summed E-state index contributed by atoms with van der Waals surface area (Å²) < 4.78 is 11.6. The van der Waals surface area contributed by atoms with Crippen LogP contribution in [0.3, 0.4) is 0 Å². The number of carbonyl (C=O) groups excluding carboxylic acids is 1. The summed E-state index contributed by atoms with van der Waals surface area (Å²) in [6.45, 7) is 5.00. The molecule has 1 aromatic rings. The van der Waals surface area contributed by atoms with Crippen molar-refractivity contribution in [3.63, 3.8) is 0 Å². The highest BCUT2D eigenvalue weighted by molar-refractivity contribution is 9.10. The molecule has 4 heteroatoms. The molecule has 0 spiro atoms. The molecule has 0 N–H and O–H groups in total. The first-order valence-corrected chi connectivity index (χ1v) is 7.47. The van der Waals surface area contributed by atoms with E-state index in [0.29, 0.717) is 19.6 Å². The monoisotopic (exact) mass is 328 g/mol. The zero-order valence-electron chi connectivity index (χ0n) is 11.6. The van der Waals surface area contributed by atoms with Crippen molar-refractivity contribution in [1.29, 1.82) is 0 Å². The Morgan fingerprint density at radius 2 is 2.05 bits per heavy atom. The standard InChI is InChI=1S/C15H21BrO3/c1-3-18-15(17)7-5-4-6-10-19-14-9-8-13(16)11-12(14)2/h8-9,11H,3-7,10H2,1-2H3. The molecule has 0 aliphatic rings. The topological polar surface area (TPSA) is 35.5 Å². The normalized spacial score (nSPS) is 10.3. The quantitative estimate of drug-likeness (QED) is 0.528. The lowest BCUT2D eigenvalue weighted by molar-refractivity contribution is -0.143. The number of esters is 1. The average Bonchev–Trinajstić information content (AvgIpc) is 2.36. The lowest BCUT2D eigenvalue weighted by Crippen LogP contribution is -2.04. The molecule has 0 bridgehead atoms. The summed E-state index contributed by atoms with van der Waals surface area (Å²) in [5, 5.41) is 0. The summed E-state index contributed by atoms with van der Waals surface area (Å²) >= 11 is 3.43. The third kappa shape index (κ3) is 6.62. The van der Waals surface area contributed by atoms with E-state index in [-0.39, 0.29) is 5.97 Å². The fourth-order valence-corrected chi connectivity index (χ4v) is 2.21. The Morgan fingerprint density at radius 3 is 2.74 bits per heavy atom. The Morgan fingerprint density at radius 1 is 1.26 bits per heavy atom. The lowest BCUT2D eigenvalue weighted by atomic mass is 10.2. The molecule has 0 unspecified atom stereocenters. The largest absolute Gasteiger partial charge is 0.493 e. The van der Waals surface area contributed by atoms with Gasteiger partial charge >= 0.3 is 5.97 Å². The Balaban J connectivity index is 2.12. The van der Waals surface area contributed by atoms with Gasteiger partial charge in [0.05, 0.1) is 13.2 Å². The summed E-state index contributed by atoms with van der Waals surface area (Å²) in [6.07, 6.45) is 3.30. The molecule has 0 saturated heterocycles. The van der Waals surface area contributed by atoms with Crippen LogP contribution in [-0.2, 0) is 9.53 Å². The average molecular weight is 329 g/mol. The fraction of sp³-hybridized carbons (Fsp3) is 0.533. The van der Waals surface area contributed by atoms with Crippen LogP contribution in [0.2, 0.25) is 0 Å². The second kappa shape index (κ2) is 8.97. The summed E-state index contributed by atoms with van der Waals surface area (Å²) in [6, 6.07) is 5.98. The molecule has 0 radical (unpaired) electrons. The van der Waals surface area contributed by atoms with E-state index in [0.717, 1.165) is 35.0 Å². The minimum absolute atomic E-state index is 0.104. The summed E-state index contributed by atoms with van der Waals surface area (Å²) in [5.41, 5.74) is 1.13. The lowest BCUT2D eigenvalue weighted by Gasteiger charge is -2.09. The Kier molecular flexibility index (Phi) is 7.56. The molecule has 0 saturated carbocycles. The molecule has 0 aliphatic heterocycles. The van der Waals surface area contributed by atoms with Gasteiger partial charge in [-0.1, -0.05) is 15.9 Å². The van der Waals surface area contributed by atoms with Gasteiger partial charge in [0.15, 0.2) is 0 Å². The summed E-state index contributed by atoms with van der Waals surface area (Å²) in [5.74, 6) is 0.820. The van der Waals surface area contributed by atoms with Gasteiger partial charge in [-0.15, -0.1) is 0 Å². The Hall–Kier alpha value is -1.03. The zero-order chi connectivity index (χ0) is 14.1. The first-order chi connectivity index (χ1) is 9.13. The van der Waals surface area contributed by atoms with Crippen LogP contribution in [-0.4, -0.2) is 19.2 Å². The second-order valence-electron chi connectivity index (χ2n) is 4.37. The van der Waals surface area contributed by atoms with Crippen LogP contribution in [0.4, 0.5) is 0 Å². The molecule has 0 atom stereocenters. The van der Waals surface area contributed by atoms with Gasteiger partial charge in [0.25, 0.3) is 0 Å². The van der Waals surface area contributed by atoms with Gasteiger partial charge < -0.3 is 9.47 Å². The minimum atomic E-state index is -0.104. The molecular formula is C15H21BrO3. The van der Waals surface area contributed by atoms with Crippen molar-refractivity contribution in [3.05, 3.63) is 28.2 Å². The summed E-state index contributed by atoms with van der Waals surface area (Å²) in [4.78, 5) is 11.1. The van der Waals surface area contributed by atoms with E-state index in [2.05, 4.69) is 15.9 Å². The molecular weight excluding hydrogens is 308 g/mol. The molecule has 1 rings (SSSR count). The fourth-order valence-electron chi connectivity index (χ4n) is 1.74. The molecule has 0 amide bonds. The summed E-state index contributed by atoms with van der Waals surface area (Å²) in [7, 11) is 0. The molecule has 3 nitrogen and oxygen atoms in total. The molecule has 106 valence electrons. The molecule has 19 heavy (non-hydrogen) atoms. The number of ether oxygens (including phenoxy) is 2. The highest BCUT2D eigenvalue weighted by Crippen LogP contribution is 2.22. The van der Waals surface area contributed by atoms with E-state index < -0.39 is 0 Å². The van der Waals surface area contributed by atoms with Gasteiger partial charge in [-0.2, -0.15) is 0 Å². The molecule has 0 fully saturated rings. The maximum Gasteiger partial charge on any atom is 0.305 e. The molecule has 0 heterocycles. The Labute approximate surface area is 123 Å². The van der Waals surface area contributed by atoms with Crippen molar-refractivity contribution in [2.45, 2.75) is 39.5 Å². The number of halogens is 1. The van der Waals surface area contributed by atoms with Crippen LogP contribution in [0.15, 0.2) is 22.7 Å². The van der Waals surface area contributed by atoms with E-state index in [4.69, 9.17) is 9.47 Å². The predicted octanol–water partition coefficient (Wildman–Crippen LogP) is 4.26. The van der Waals surface area contributed by atoms with Crippen molar-refractivity contribution in [3.8, 4) is 5.75 Å². The number of unbranched alkanes of at least 4 members (excludes halogenated alkanes) is 2. The number of hydrogen-bond donors (Lipinski definition) is 0. The van der Waals surface area contributed by atoms with E-state index in [9.17, 15) is 4.79 Å². The van der Waals surface area contributed by atoms with E-state index >= 15 is 0 Å². The number of rotatable bonds is 8. The van der Waals surface area contributed by atoms with Gasteiger partial charge in [-0.3, -0.25) is 4.79 Å². The molecule has 1 aromatic carbocycles. The smallest absolute Gasteiger partial charge is 0.305 e. The minimum Gasteiger partial charge on any atom is -0.493 e. The third-order valence-corrected chi connectivity index (χ3v) is 3.22.